The maximum Gasteiger partial charge on any atom is 0.416 e. The molecule has 0 bridgehead atoms. The molecule has 0 radical (unpaired) electrons. The highest BCUT2D eigenvalue weighted by molar-refractivity contribution is 6.42. The molecule has 39 heavy (non-hydrogen) atoms. The van der Waals surface area contributed by atoms with E-state index >= 15 is 0 Å². The van der Waals surface area contributed by atoms with Crippen molar-refractivity contribution in [2.75, 3.05) is 20.1 Å². The Morgan fingerprint density at radius 3 is 1.97 bits per heavy atom. The monoisotopic (exact) mass is 598 g/mol. The minimum Gasteiger partial charge on any atom is -0.444 e. The number of benzene rings is 2. The number of ether oxygens (including phenoxy) is 1. The largest absolute Gasteiger partial charge is 0.444 e. The molecule has 2 aromatic carbocycles. The number of halogens is 8. The van der Waals surface area contributed by atoms with Crippen molar-refractivity contribution in [1.29, 1.82) is 0 Å². The number of carbonyl (C=O) groups is 2. The summed E-state index contributed by atoms with van der Waals surface area (Å²) < 4.78 is 85.7. The van der Waals surface area contributed by atoms with E-state index in [9.17, 15) is 35.9 Å². The summed E-state index contributed by atoms with van der Waals surface area (Å²) in [4.78, 5) is 28.6. The van der Waals surface area contributed by atoms with Crippen molar-refractivity contribution in [1.82, 2.24) is 9.80 Å². The highest BCUT2D eigenvalue weighted by Gasteiger charge is 2.41. The molecule has 1 aliphatic heterocycles. The zero-order chi connectivity index (χ0) is 29.5. The van der Waals surface area contributed by atoms with Crippen molar-refractivity contribution in [3.8, 4) is 0 Å². The van der Waals surface area contributed by atoms with Gasteiger partial charge in [-0.1, -0.05) is 29.3 Å². The molecule has 0 saturated carbocycles. The Balaban J connectivity index is 2.00. The van der Waals surface area contributed by atoms with Gasteiger partial charge in [-0.15, -0.1) is 0 Å². The van der Waals surface area contributed by atoms with Gasteiger partial charge in [-0.05, 0) is 63.1 Å². The summed E-state index contributed by atoms with van der Waals surface area (Å²) in [5, 5.41) is 0.453. The second kappa shape index (κ2) is 11.1. The number of likely N-dealkylation sites (N-methyl/N-ethyl adjacent to an activating group) is 1. The van der Waals surface area contributed by atoms with Gasteiger partial charge in [0.05, 0.1) is 21.2 Å². The first-order valence-electron chi connectivity index (χ1n) is 11.8. The van der Waals surface area contributed by atoms with Gasteiger partial charge < -0.3 is 14.5 Å². The molecule has 5 nitrogen and oxygen atoms in total. The van der Waals surface area contributed by atoms with E-state index in [1.165, 1.54) is 18.0 Å². The summed E-state index contributed by atoms with van der Waals surface area (Å²) in [6, 6.07) is 4.76. The molecule has 0 aliphatic carbocycles. The van der Waals surface area contributed by atoms with Crippen LogP contribution in [0.25, 0.3) is 0 Å². The zero-order valence-corrected chi connectivity index (χ0v) is 22.9. The van der Waals surface area contributed by atoms with Gasteiger partial charge in [-0.25, -0.2) is 4.79 Å². The van der Waals surface area contributed by atoms with Gasteiger partial charge in [0.15, 0.2) is 0 Å². The number of carbonyl (C=O) groups excluding carboxylic acids is 2. The molecule has 13 heteroatoms. The summed E-state index contributed by atoms with van der Waals surface area (Å²) in [7, 11) is 1.30. The Bertz CT molecular complexity index is 1210. The van der Waals surface area contributed by atoms with Crippen LogP contribution in [0.1, 0.15) is 60.2 Å². The topological polar surface area (TPSA) is 49.9 Å². The van der Waals surface area contributed by atoms with E-state index in [2.05, 4.69) is 0 Å². The third-order valence-corrected chi connectivity index (χ3v) is 6.99. The van der Waals surface area contributed by atoms with E-state index in [4.69, 9.17) is 27.9 Å². The van der Waals surface area contributed by atoms with Crippen LogP contribution in [0.3, 0.4) is 0 Å². The van der Waals surface area contributed by atoms with Crippen molar-refractivity contribution < 1.29 is 40.7 Å². The number of rotatable bonds is 3. The molecule has 0 spiro atoms. The molecule has 2 amide bonds. The number of hydrogen-bond donors (Lipinski definition) is 0. The molecule has 3 rings (SSSR count). The molecular formula is C26H26Cl2F6N2O3. The van der Waals surface area contributed by atoms with Crippen LogP contribution >= 0.6 is 23.2 Å². The maximum atomic E-state index is 13.4. The van der Waals surface area contributed by atoms with Crippen LogP contribution in [-0.2, 0) is 17.1 Å². The summed E-state index contributed by atoms with van der Waals surface area (Å²) in [5.41, 5.74) is -4.14. The van der Waals surface area contributed by atoms with Gasteiger partial charge in [0, 0.05) is 37.7 Å². The Morgan fingerprint density at radius 2 is 1.49 bits per heavy atom. The first-order chi connectivity index (χ1) is 17.8. The average Bonchev–Trinajstić information content (AvgIpc) is 2.82. The zero-order valence-electron chi connectivity index (χ0n) is 21.4. The van der Waals surface area contributed by atoms with E-state index in [0.717, 1.165) is 4.90 Å². The van der Waals surface area contributed by atoms with Crippen molar-refractivity contribution in [2.45, 2.75) is 57.1 Å². The Labute approximate surface area is 231 Å². The van der Waals surface area contributed by atoms with Crippen LogP contribution in [0.5, 0.6) is 0 Å². The summed E-state index contributed by atoms with van der Waals surface area (Å²) >= 11 is 12.2. The molecule has 2 aromatic rings. The normalized spacial score (nSPS) is 18.6. The van der Waals surface area contributed by atoms with Crippen LogP contribution in [0, 0.1) is 0 Å². The number of amides is 2. The number of hydrogen-bond acceptors (Lipinski definition) is 3. The summed E-state index contributed by atoms with van der Waals surface area (Å²) in [6.45, 7) is 5.28. The lowest BCUT2D eigenvalue weighted by Gasteiger charge is -2.43. The fraction of sp³-hybridized carbons (Fsp3) is 0.462. The van der Waals surface area contributed by atoms with Crippen LogP contribution in [0.15, 0.2) is 36.4 Å². The number of piperidine rings is 1. The fourth-order valence-corrected chi connectivity index (χ4v) is 4.71. The van der Waals surface area contributed by atoms with Gasteiger partial charge in [0.1, 0.15) is 5.60 Å². The number of nitrogens with zero attached hydrogens (tertiary/aromatic N) is 2. The Kier molecular flexibility index (Phi) is 8.77. The maximum absolute atomic E-state index is 13.4. The molecule has 1 aliphatic rings. The van der Waals surface area contributed by atoms with Crippen LogP contribution in [-0.4, -0.2) is 53.6 Å². The lowest BCUT2D eigenvalue weighted by molar-refractivity contribution is -0.143. The number of likely N-dealkylation sites (tertiary alicyclic amines) is 1. The molecule has 1 heterocycles. The smallest absolute Gasteiger partial charge is 0.416 e. The van der Waals surface area contributed by atoms with Gasteiger partial charge >= 0.3 is 18.4 Å². The minimum absolute atomic E-state index is 0.0331. The predicted molar refractivity (Wildman–Crippen MR) is 134 cm³/mol. The first-order valence-corrected chi connectivity index (χ1v) is 12.5. The molecule has 0 unspecified atom stereocenters. The second-order valence-corrected chi connectivity index (χ2v) is 11.1. The van der Waals surface area contributed by atoms with Gasteiger partial charge in [0.2, 0.25) is 0 Å². The fourth-order valence-electron chi connectivity index (χ4n) is 4.40. The van der Waals surface area contributed by atoms with Crippen LogP contribution < -0.4 is 0 Å². The van der Waals surface area contributed by atoms with E-state index in [0.29, 0.717) is 17.7 Å². The van der Waals surface area contributed by atoms with E-state index in [-0.39, 0.29) is 35.6 Å². The molecule has 2 atom stereocenters. The Hall–Kier alpha value is -2.66. The van der Waals surface area contributed by atoms with Crippen molar-refractivity contribution in [2.24, 2.45) is 0 Å². The third-order valence-electron chi connectivity index (χ3n) is 6.25. The van der Waals surface area contributed by atoms with E-state index in [1.54, 1.807) is 32.9 Å². The van der Waals surface area contributed by atoms with Gasteiger partial charge in [-0.3, -0.25) is 4.79 Å². The first kappa shape index (κ1) is 30.9. The minimum atomic E-state index is -5.10. The van der Waals surface area contributed by atoms with Crippen molar-refractivity contribution in [3.63, 3.8) is 0 Å². The average molecular weight is 599 g/mol. The lowest BCUT2D eigenvalue weighted by Crippen LogP contribution is -2.52. The predicted octanol–water partition coefficient (Wildman–Crippen LogP) is 7.90. The van der Waals surface area contributed by atoms with Gasteiger partial charge in [-0.2, -0.15) is 26.3 Å². The van der Waals surface area contributed by atoms with Crippen LogP contribution in [0.4, 0.5) is 31.1 Å². The van der Waals surface area contributed by atoms with Crippen molar-refractivity contribution in [3.05, 3.63) is 68.7 Å². The van der Waals surface area contributed by atoms with Gasteiger partial charge in [0.25, 0.3) is 5.91 Å². The molecule has 0 aromatic heterocycles. The highest BCUT2D eigenvalue weighted by atomic mass is 35.5. The summed E-state index contributed by atoms with van der Waals surface area (Å²) in [6.07, 6.45) is -10.6. The molecule has 214 valence electrons. The third kappa shape index (κ3) is 7.51. The highest BCUT2D eigenvalue weighted by Crippen LogP contribution is 2.38. The number of alkyl halides is 6. The second-order valence-electron chi connectivity index (χ2n) is 10.3. The molecule has 1 fully saturated rings. The quantitative estimate of drug-likeness (QED) is 0.337. The molecule has 0 N–H and O–H groups in total. The SMILES string of the molecule is CN(C(=O)c1cc(C(F)(F)F)cc(C(F)(F)F)c1)[C@@H]1CCN(C(=O)OC(C)(C)C)C[C@H]1c1ccc(Cl)c(Cl)c1. The van der Waals surface area contributed by atoms with Crippen LogP contribution in [0.2, 0.25) is 10.0 Å². The Morgan fingerprint density at radius 1 is 0.923 bits per heavy atom. The summed E-state index contributed by atoms with van der Waals surface area (Å²) in [5.74, 6) is -1.64. The standard InChI is InChI=1S/C26H26Cl2F6N2O3/c1-24(2,3)39-23(38)36-8-7-21(18(13-36)14-5-6-19(27)20(28)11-14)35(4)22(37)15-9-16(25(29,30)31)12-17(10-15)26(32,33)34/h5-6,9-12,18,21H,7-8,13H2,1-4H3/t18-,21+/m0/s1. The molecule has 1 saturated heterocycles. The van der Waals surface area contributed by atoms with Crippen molar-refractivity contribution >= 4 is 35.2 Å². The van der Waals surface area contributed by atoms with E-state index < -0.39 is 58.6 Å². The lowest BCUT2D eigenvalue weighted by atomic mass is 9.85. The molecular weight excluding hydrogens is 573 g/mol. The van der Waals surface area contributed by atoms with E-state index in [1.807, 2.05) is 0 Å².